The van der Waals surface area contributed by atoms with Crippen molar-refractivity contribution in [3.63, 3.8) is 0 Å². The Morgan fingerprint density at radius 3 is 2.31 bits per heavy atom. The monoisotopic (exact) mass is 508 g/mol. The predicted octanol–water partition coefficient (Wildman–Crippen LogP) is 3.71. The first-order valence-corrected chi connectivity index (χ1v) is 12.1. The average Bonchev–Trinajstić information content (AvgIpc) is 2.81. The smallest absolute Gasteiger partial charge is 0.433 e. The number of amides is 1. The van der Waals surface area contributed by atoms with Gasteiger partial charge in [-0.2, -0.15) is 13.2 Å². The quantitative estimate of drug-likeness (QED) is 0.498. The van der Waals surface area contributed by atoms with Gasteiger partial charge < -0.3 is 10.1 Å². The third kappa shape index (κ3) is 6.47. The van der Waals surface area contributed by atoms with Crippen molar-refractivity contribution in [2.45, 2.75) is 26.2 Å². The Labute approximate surface area is 200 Å². The highest BCUT2D eigenvalue weighted by molar-refractivity contribution is 7.92. The molecule has 12 heteroatoms. The maximum atomic E-state index is 12.6. The lowest BCUT2D eigenvalue weighted by Gasteiger charge is -2.23. The summed E-state index contributed by atoms with van der Waals surface area (Å²) in [6.45, 7) is 1.72. The van der Waals surface area contributed by atoms with Crippen molar-refractivity contribution in [3.8, 4) is 5.75 Å². The Hall–Kier alpha value is -3.67. The zero-order valence-electron chi connectivity index (χ0n) is 19.1. The number of pyridine rings is 2. The van der Waals surface area contributed by atoms with E-state index in [0.29, 0.717) is 28.3 Å². The number of anilines is 1. The molecule has 0 aliphatic carbocycles. The topological polar surface area (TPSA) is 101 Å². The number of rotatable bonds is 8. The van der Waals surface area contributed by atoms with Gasteiger partial charge in [0.2, 0.25) is 10.0 Å². The Morgan fingerprint density at radius 1 is 1.09 bits per heavy atom. The van der Waals surface area contributed by atoms with Crippen LogP contribution < -0.4 is 14.4 Å². The summed E-state index contributed by atoms with van der Waals surface area (Å²) >= 11 is 0. The number of halogens is 3. The summed E-state index contributed by atoms with van der Waals surface area (Å²) in [5.41, 5.74) is 1.18. The molecule has 0 bridgehead atoms. The summed E-state index contributed by atoms with van der Waals surface area (Å²) in [6, 6.07) is 9.65. The van der Waals surface area contributed by atoms with E-state index in [-0.39, 0.29) is 18.7 Å². The molecule has 0 saturated carbocycles. The van der Waals surface area contributed by atoms with Gasteiger partial charge in [0.15, 0.2) is 0 Å². The number of hydrogen-bond donors (Lipinski definition) is 1. The Bertz CT molecular complexity index is 1300. The zero-order valence-corrected chi connectivity index (χ0v) is 19.9. The van der Waals surface area contributed by atoms with E-state index in [1.165, 1.54) is 43.6 Å². The highest BCUT2D eigenvalue weighted by Gasteiger charge is 2.32. The van der Waals surface area contributed by atoms with E-state index in [0.717, 1.165) is 22.8 Å². The Morgan fingerprint density at radius 2 is 1.77 bits per heavy atom. The maximum Gasteiger partial charge on any atom is 0.433 e. The minimum atomic E-state index is -4.54. The molecule has 1 aromatic carbocycles. The lowest BCUT2D eigenvalue weighted by molar-refractivity contribution is -0.141. The molecule has 0 spiro atoms. The molecule has 1 N–H and O–H groups in total. The van der Waals surface area contributed by atoms with Crippen molar-refractivity contribution >= 4 is 21.6 Å². The fourth-order valence-electron chi connectivity index (χ4n) is 3.24. The number of carbonyl (C=O) groups is 1. The standard InChI is InChI=1S/C23H23F3N4O4S/c1-15-19(27-11-10-20(15)34-2)14-30(35(3,32)33)18-7-5-17(6-8-18)22(31)29-13-16-4-9-21(28-12-16)23(24,25)26/h4-12H,13-14H2,1-3H3,(H,29,31). The van der Waals surface area contributed by atoms with Gasteiger partial charge in [0.1, 0.15) is 11.4 Å². The minimum Gasteiger partial charge on any atom is -0.496 e. The molecule has 2 aromatic heterocycles. The largest absolute Gasteiger partial charge is 0.496 e. The van der Waals surface area contributed by atoms with Crippen molar-refractivity contribution in [2.75, 3.05) is 17.7 Å². The van der Waals surface area contributed by atoms with Crippen LogP contribution in [-0.4, -0.2) is 37.7 Å². The van der Waals surface area contributed by atoms with Crippen molar-refractivity contribution in [1.29, 1.82) is 0 Å². The first-order chi connectivity index (χ1) is 16.4. The van der Waals surface area contributed by atoms with Crippen LogP contribution in [0, 0.1) is 6.92 Å². The van der Waals surface area contributed by atoms with Crippen LogP contribution in [-0.2, 0) is 29.3 Å². The fraction of sp³-hybridized carbons (Fsp3) is 0.261. The van der Waals surface area contributed by atoms with Crippen LogP contribution in [0.15, 0.2) is 54.9 Å². The average molecular weight is 509 g/mol. The molecular formula is C23H23F3N4O4S. The molecule has 3 aromatic rings. The molecule has 0 radical (unpaired) electrons. The highest BCUT2D eigenvalue weighted by Crippen LogP contribution is 2.27. The highest BCUT2D eigenvalue weighted by atomic mass is 32.2. The first kappa shape index (κ1) is 25.9. The molecule has 2 heterocycles. The van der Waals surface area contributed by atoms with E-state index in [2.05, 4.69) is 15.3 Å². The van der Waals surface area contributed by atoms with Crippen molar-refractivity contribution in [1.82, 2.24) is 15.3 Å². The second-order valence-corrected chi connectivity index (χ2v) is 9.54. The predicted molar refractivity (Wildman–Crippen MR) is 123 cm³/mol. The number of nitrogens with one attached hydrogen (secondary N) is 1. The van der Waals surface area contributed by atoms with Crippen LogP contribution in [0.4, 0.5) is 18.9 Å². The second-order valence-electron chi connectivity index (χ2n) is 7.63. The Balaban J connectivity index is 1.72. The molecule has 0 aliphatic rings. The molecule has 8 nitrogen and oxygen atoms in total. The molecule has 3 rings (SSSR count). The van der Waals surface area contributed by atoms with Crippen LogP contribution in [0.3, 0.4) is 0 Å². The van der Waals surface area contributed by atoms with Gasteiger partial charge in [0.25, 0.3) is 5.91 Å². The molecular weight excluding hydrogens is 485 g/mol. The summed E-state index contributed by atoms with van der Waals surface area (Å²) in [4.78, 5) is 20.1. The third-order valence-corrected chi connectivity index (χ3v) is 6.30. The van der Waals surface area contributed by atoms with E-state index in [1.54, 1.807) is 13.0 Å². The number of aromatic nitrogens is 2. The van der Waals surface area contributed by atoms with Gasteiger partial charge in [-0.3, -0.25) is 19.1 Å². The lowest BCUT2D eigenvalue weighted by atomic mass is 10.1. The van der Waals surface area contributed by atoms with Gasteiger partial charge in [-0.05, 0) is 48.9 Å². The van der Waals surface area contributed by atoms with Crippen LogP contribution in [0.2, 0.25) is 0 Å². The molecule has 0 unspecified atom stereocenters. The molecule has 186 valence electrons. The second kappa shape index (κ2) is 10.3. The minimum absolute atomic E-state index is 0.0258. The first-order valence-electron chi connectivity index (χ1n) is 10.3. The van der Waals surface area contributed by atoms with Crippen molar-refractivity contribution < 1.29 is 31.1 Å². The number of sulfonamides is 1. The number of methoxy groups -OCH3 is 1. The lowest BCUT2D eigenvalue weighted by Crippen LogP contribution is -2.30. The van der Waals surface area contributed by atoms with Crippen molar-refractivity contribution in [3.05, 3.63) is 82.9 Å². The zero-order chi connectivity index (χ0) is 25.8. The summed E-state index contributed by atoms with van der Waals surface area (Å²) in [5, 5.41) is 2.60. The number of alkyl halides is 3. The van der Waals surface area contributed by atoms with Gasteiger partial charge in [0.05, 0.1) is 31.3 Å². The molecule has 35 heavy (non-hydrogen) atoms. The Kier molecular flexibility index (Phi) is 7.64. The van der Waals surface area contributed by atoms with Crippen LogP contribution in [0.5, 0.6) is 5.75 Å². The van der Waals surface area contributed by atoms with Gasteiger partial charge in [-0.1, -0.05) is 6.07 Å². The van der Waals surface area contributed by atoms with E-state index in [9.17, 15) is 26.4 Å². The fourth-order valence-corrected chi connectivity index (χ4v) is 4.10. The van der Waals surface area contributed by atoms with Crippen LogP contribution in [0.1, 0.15) is 32.9 Å². The molecule has 1 amide bonds. The molecule has 0 fully saturated rings. The van der Waals surface area contributed by atoms with E-state index in [1.807, 2.05) is 0 Å². The number of hydrogen-bond acceptors (Lipinski definition) is 6. The van der Waals surface area contributed by atoms with Crippen LogP contribution in [0.25, 0.3) is 0 Å². The van der Waals surface area contributed by atoms with Gasteiger partial charge >= 0.3 is 6.18 Å². The normalized spacial score (nSPS) is 11.7. The number of nitrogens with zero attached hydrogens (tertiary/aromatic N) is 3. The van der Waals surface area contributed by atoms with Gasteiger partial charge in [0, 0.05) is 30.1 Å². The SMILES string of the molecule is COc1ccnc(CN(c2ccc(C(=O)NCc3ccc(C(F)(F)F)nc3)cc2)S(C)(=O)=O)c1C. The van der Waals surface area contributed by atoms with E-state index < -0.39 is 27.8 Å². The maximum absolute atomic E-state index is 12.6. The molecule has 0 atom stereocenters. The number of carbonyl (C=O) groups excluding carboxylic acids is 1. The van der Waals surface area contributed by atoms with E-state index in [4.69, 9.17) is 4.74 Å². The summed E-state index contributed by atoms with van der Waals surface area (Å²) in [7, 11) is -2.17. The van der Waals surface area contributed by atoms with Gasteiger partial charge in [-0.25, -0.2) is 8.42 Å². The summed E-state index contributed by atoms with van der Waals surface area (Å²) in [5.74, 6) is 0.103. The number of benzene rings is 1. The summed E-state index contributed by atoms with van der Waals surface area (Å²) < 4.78 is 69.2. The molecule has 0 saturated heterocycles. The summed E-state index contributed by atoms with van der Waals surface area (Å²) in [6.07, 6.45) is -0.891. The van der Waals surface area contributed by atoms with Crippen LogP contribution >= 0.6 is 0 Å². The van der Waals surface area contributed by atoms with Gasteiger partial charge in [-0.15, -0.1) is 0 Å². The molecule has 0 aliphatic heterocycles. The van der Waals surface area contributed by atoms with E-state index >= 15 is 0 Å². The number of ether oxygens (including phenoxy) is 1. The van der Waals surface area contributed by atoms with Crippen molar-refractivity contribution in [2.24, 2.45) is 0 Å². The third-order valence-electron chi connectivity index (χ3n) is 5.16.